The summed E-state index contributed by atoms with van der Waals surface area (Å²) in [6.07, 6.45) is 0. The summed E-state index contributed by atoms with van der Waals surface area (Å²) in [5, 5.41) is 7.88. The summed E-state index contributed by atoms with van der Waals surface area (Å²) in [5.74, 6) is 1.71. The van der Waals surface area contributed by atoms with Crippen LogP contribution in [0.25, 0.3) is 0 Å². The minimum Gasteiger partial charge on any atom is -0.496 e. The molecule has 0 spiro atoms. The average Bonchev–Trinajstić information content (AvgIpc) is 2.97. The number of aliphatic imine (C=N–C) groups is 1. The van der Waals surface area contributed by atoms with Gasteiger partial charge in [-0.25, -0.2) is 9.98 Å². The Morgan fingerprint density at radius 3 is 2.59 bits per heavy atom. The molecule has 1 aromatic heterocycles. The summed E-state index contributed by atoms with van der Waals surface area (Å²) in [5.41, 5.74) is 2.22. The molecule has 148 valence electrons. The summed E-state index contributed by atoms with van der Waals surface area (Å²) in [4.78, 5) is 12.6. The molecule has 0 aliphatic carbocycles. The normalized spacial score (nSPS) is 12.9. The minimum atomic E-state index is 0.164. The SMILES string of the molecule is CCNC(=NCc1sc(C)nc1C)NCC(c1ccccc1OC)N(C)C. The van der Waals surface area contributed by atoms with Gasteiger partial charge in [-0.2, -0.15) is 0 Å². The largest absolute Gasteiger partial charge is 0.496 e. The van der Waals surface area contributed by atoms with Crippen molar-refractivity contribution in [1.82, 2.24) is 20.5 Å². The van der Waals surface area contributed by atoms with Crippen molar-refractivity contribution in [2.75, 3.05) is 34.3 Å². The van der Waals surface area contributed by atoms with Crippen molar-refractivity contribution in [1.29, 1.82) is 0 Å². The fourth-order valence-electron chi connectivity index (χ4n) is 2.92. The first-order valence-corrected chi connectivity index (χ1v) is 10.0. The van der Waals surface area contributed by atoms with E-state index < -0.39 is 0 Å². The number of aryl methyl sites for hydroxylation is 2. The molecule has 0 radical (unpaired) electrons. The molecule has 0 aliphatic rings. The van der Waals surface area contributed by atoms with Gasteiger partial charge in [-0.1, -0.05) is 18.2 Å². The van der Waals surface area contributed by atoms with E-state index in [0.717, 1.165) is 41.1 Å². The maximum Gasteiger partial charge on any atom is 0.191 e. The van der Waals surface area contributed by atoms with Crippen molar-refractivity contribution in [2.45, 2.75) is 33.4 Å². The Morgan fingerprint density at radius 1 is 1.26 bits per heavy atom. The molecule has 2 N–H and O–H groups in total. The molecule has 2 aromatic rings. The highest BCUT2D eigenvalue weighted by Crippen LogP contribution is 2.27. The van der Waals surface area contributed by atoms with E-state index >= 15 is 0 Å². The Hall–Kier alpha value is -2.12. The Balaban J connectivity index is 2.12. The molecular formula is C20H31N5OS. The molecular weight excluding hydrogens is 358 g/mol. The van der Waals surface area contributed by atoms with Gasteiger partial charge in [-0.3, -0.25) is 0 Å². The number of ether oxygens (including phenoxy) is 1. The van der Waals surface area contributed by atoms with Gasteiger partial charge in [-0.05, 0) is 40.9 Å². The highest BCUT2D eigenvalue weighted by atomic mass is 32.1. The van der Waals surface area contributed by atoms with Gasteiger partial charge >= 0.3 is 0 Å². The third-order valence-electron chi connectivity index (χ3n) is 4.31. The standard InChI is InChI=1S/C20H31N5OS/c1-7-21-20(23-13-19-14(2)24-15(3)27-19)22-12-17(25(4)5)16-10-8-9-11-18(16)26-6/h8-11,17H,7,12-13H2,1-6H3,(H2,21,22,23). The number of benzene rings is 1. The number of aromatic nitrogens is 1. The monoisotopic (exact) mass is 389 g/mol. The Bertz CT molecular complexity index is 757. The van der Waals surface area contributed by atoms with E-state index in [9.17, 15) is 0 Å². The molecule has 0 amide bonds. The fraction of sp³-hybridized carbons (Fsp3) is 0.500. The number of hydrogen-bond acceptors (Lipinski definition) is 5. The highest BCUT2D eigenvalue weighted by molar-refractivity contribution is 7.11. The minimum absolute atomic E-state index is 0.164. The lowest BCUT2D eigenvalue weighted by atomic mass is 10.0. The lowest BCUT2D eigenvalue weighted by Crippen LogP contribution is -2.41. The molecule has 7 heteroatoms. The van der Waals surface area contributed by atoms with Crippen molar-refractivity contribution >= 4 is 17.3 Å². The second kappa shape index (κ2) is 10.3. The van der Waals surface area contributed by atoms with Crippen molar-refractivity contribution in [3.63, 3.8) is 0 Å². The lowest BCUT2D eigenvalue weighted by molar-refractivity contribution is 0.287. The maximum atomic E-state index is 5.55. The van der Waals surface area contributed by atoms with E-state index in [-0.39, 0.29) is 6.04 Å². The smallest absolute Gasteiger partial charge is 0.191 e. The van der Waals surface area contributed by atoms with Gasteiger partial charge in [0.05, 0.1) is 30.4 Å². The van der Waals surface area contributed by atoms with Gasteiger partial charge < -0.3 is 20.3 Å². The molecule has 1 heterocycles. The van der Waals surface area contributed by atoms with Gasteiger partial charge in [-0.15, -0.1) is 11.3 Å². The van der Waals surface area contributed by atoms with Crippen LogP contribution in [0.4, 0.5) is 0 Å². The van der Waals surface area contributed by atoms with Crippen LogP contribution >= 0.6 is 11.3 Å². The van der Waals surface area contributed by atoms with Gasteiger partial charge in [0.15, 0.2) is 5.96 Å². The van der Waals surface area contributed by atoms with Crippen LogP contribution in [0.2, 0.25) is 0 Å². The van der Waals surface area contributed by atoms with Crippen molar-refractivity contribution < 1.29 is 4.74 Å². The molecule has 1 atom stereocenters. The van der Waals surface area contributed by atoms with Crippen molar-refractivity contribution in [2.24, 2.45) is 4.99 Å². The Kier molecular flexibility index (Phi) is 8.06. The topological polar surface area (TPSA) is 61.8 Å². The third-order valence-corrected chi connectivity index (χ3v) is 5.37. The number of rotatable bonds is 8. The van der Waals surface area contributed by atoms with Crippen LogP contribution in [0.3, 0.4) is 0 Å². The van der Waals surface area contributed by atoms with E-state index in [1.165, 1.54) is 4.88 Å². The Morgan fingerprint density at radius 2 is 2.00 bits per heavy atom. The number of methoxy groups -OCH3 is 1. The lowest BCUT2D eigenvalue weighted by Gasteiger charge is -2.27. The van der Waals surface area contributed by atoms with E-state index in [1.54, 1.807) is 18.4 Å². The fourth-order valence-corrected chi connectivity index (χ4v) is 3.78. The van der Waals surface area contributed by atoms with Crippen LogP contribution in [-0.4, -0.2) is 50.1 Å². The first kappa shape index (κ1) is 21.2. The van der Waals surface area contributed by atoms with Gasteiger partial charge in [0.25, 0.3) is 0 Å². The predicted molar refractivity (Wildman–Crippen MR) is 114 cm³/mol. The summed E-state index contributed by atoms with van der Waals surface area (Å²) >= 11 is 1.71. The number of guanidine groups is 1. The maximum absolute atomic E-state index is 5.55. The highest BCUT2D eigenvalue weighted by Gasteiger charge is 2.18. The number of nitrogens with one attached hydrogen (secondary N) is 2. The van der Waals surface area contributed by atoms with Gasteiger partial charge in [0.1, 0.15) is 5.75 Å². The van der Waals surface area contributed by atoms with Gasteiger partial charge in [0.2, 0.25) is 0 Å². The molecule has 0 bridgehead atoms. The summed E-state index contributed by atoms with van der Waals surface area (Å²) < 4.78 is 5.55. The third kappa shape index (κ3) is 5.94. The Labute approximate surface area is 166 Å². The van der Waals surface area contributed by atoms with Crippen LogP contribution in [0, 0.1) is 13.8 Å². The summed E-state index contributed by atoms with van der Waals surface area (Å²) in [6, 6.07) is 8.31. The quantitative estimate of drug-likeness (QED) is 0.536. The molecule has 0 aliphatic heterocycles. The molecule has 1 aromatic carbocycles. The van der Waals surface area contributed by atoms with E-state index in [4.69, 9.17) is 9.73 Å². The molecule has 2 rings (SSSR count). The second-order valence-corrected chi connectivity index (χ2v) is 7.83. The molecule has 0 fully saturated rings. The van der Waals surface area contributed by atoms with E-state index in [0.29, 0.717) is 6.54 Å². The first-order valence-electron chi connectivity index (χ1n) is 9.20. The van der Waals surface area contributed by atoms with Crippen LogP contribution in [0.1, 0.15) is 34.1 Å². The van der Waals surface area contributed by atoms with Crippen molar-refractivity contribution in [3.8, 4) is 5.75 Å². The summed E-state index contributed by atoms with van der Waals surface area (Å²) in [6.45, 7) is 8.31. The predicted octanol–water partition coefficient (Wildman–Crippen LogP) is 3.13. The van der Waals surface area contributed by atoms with Crippen LogP contribution in [0.15, 0.2) is 29.3 Å². The van der Waals surface area contributed by atoms with Crippen LogP contribution in [-0.2, 0) is 6.54 Å². The zero-order chi connectivity index (χ0) is 19.8. The van der Waals surface area contributed by atoms with E-state index in [1.807, 2.05) is 32.0 Å². The molecule has 27 heavy (non-hydrogen) atoms. The number of hydrogen-bond donors (Lipinski definition) is 2. The molecule has 6 nitrogen and oxygen atoms in total. The zero-order valence-electron chi connectivity index (χ0n) is 17.2. The molecule has 0 saturated carbocycles. The van der Waals surface area contributed by atoms with Crippen LogP contribution < -0.4 is 15.4 Å². The summed E-state index contributed by atoms with van der Waals surface area (Å²) in [7, 11) is 5.86. The number of thiazole rings is 1. The second-order valence-electron chi connectivity index (χ2n) is 6.54. The molecule has 0 saturated heterocycles. The number of nitrogens with zero attached hydrogens (tertiary/aromatic N) is 3. The molecule has 1 unspecified atom stereocenters. The van der Waals surface area contributed by atoms with Crippen molar-refractivity contribution in [3.05, 3.63) is 45.4 Å². The number of likely N-dealkylation sites (N-methyl/N-ethyl adjacent to an activating group) is 1. The van der Waals surface area contributed by atoms with Gasteiger partial charge in [0, 0.05) is 23.5 Å². The number of para-hydroxylation sites is 1. The van der Waals surface area contributed by atoms with Crippen LogP contribution in [0.5, 0.6) is 5.75 Å². The zero-order valence-corrected chi connectivity index (χ0v) is 18.0. The average molecular weight is 390 g/mol. The van der Waals surface area contributed by atoms with E-state index in [2.05, 4.69) is 47.6 Å². The first-order chi connectivity index (χ1) is 13.0.